The Morgan fingerprint density at radius 2 is 1.95 bits per heavy atom. The van der Waals surface area contributed by atoms with Crippen molar-refractivity contribution >= 4 is 35.0 Å². The summed E-state index contributed by atoms with van der Waals surface area (Å²) in [5.74, 6) is -0.420. The van der Waals surface area contributed by atoms with E-state index in [4.69, 9.17) is 10.5 Å². The lowest BCUT2D eigenvalue weighted by molar-refractivity contribution is -0.120. The summed E-state index contributed by atoms with van der Waals surface area (Å²) in [5.41, 5.74) is 4.96. The number of primary amides is 1. The Hall–Kier alpha value is -1.35. The molecule has 0 fully saturated rings. The maximum atomic E-state index is 11.9. The largest absolute Gasteiger partial charge is 0.466 e. The third kappa shape index (κ3) is 5.33. The summed E-state index contributed by atoms with van der Waals surface area (Å²) in [4.78, 5) is 22.6. The average Bonchev–Trinajstić information content (AvgIpc) is 2.70. The zero-order valence-electron chi connectivity index (χ0n) is 11.7. The number of urea groups is 1. The minimum atomic E-state index is -0.859. The molecule has 0 aromatic carbocycles. The molecule has 1 rings (SSSR count). The lowest BCUT2D eigenvalue weighted by Gasteiger charge is -2.16. The lowest BCUT2D eigenvalue weighted by atomic mass is 10.1. The molecule has 1 aromatic heterocycles. The number of hydrogen-bond donors (Lipinski definition) is 2. The molecule has 1 atom stereocenters. The van der Waals surface area contributed by atoms with Crippen LogP contribution in [0, 0.1) is 5.92 Å². The molecule has 0 bridgehead atoms. The molecule has 7 nitrogen and oxygen atoms in total. The van der Waals surface area contributed by atoms with Crippen molar-refractivity contribution in [3.63, 3.8) is 0 Å². The molecule has 0 saturated carbocycles. The summed E-state index contributed by atoms with van der Waals surface area (Å²) in [6, 6.07) is -0.859. The van der Waals surface area contributed by atoms with Crippen LogP contribution in [0.3, 0.4) is 0 Å². The molecular weight excluding hydrogens is 300 g/mol. The predicted octanol–water partition coefficient (Wildman–Crippen LogP) is 1.64. The van der Waals surface area contributed by atoms with E-state index in [9.17, 15) is 9.59 Å². The van der Waals surface area contributed by atoms with Gasteiger partial charge in [0.15, 0.2) is 4.34 Å². The Bertz CT molecular complexity index is 476. The summed E-state index contributed by atoms with van der Waals surface area (Å²) >= 11 is 2.51. The van der Waals surface area contributed by atoms with Crippen LogP contribution in [0.5, 0.6) is 5.19 Å². The number of carbonyl (C=O) groups is 2. The summed E-state index contributed by atoms with van der Waals surface area (Å²) in [7, 11) is 0. The number of ether oxygens (including phenoxy) is 1. The Morgan fingerprint density at radius 1 is 1.30 bits per heavy atom. The van der Waals surface area contributed by atoms with Gasteiger partial charge < -0.3 is 10.5 Å². The number of amides is 3. The Balaban J connectivity index is 2.73. The normalized spacial score (nSPS) is 12.5. The maximum absolute atomic E-state index is 11.9. The van der Waals surface area contributed by atoms with Crippen molar-refractivity contribution in [2.75, 3.05) is 0 Å². The van der Waals surface area contributed by atoms with E-state index in [0.717, 1.165) is 0 Å². The Kier molecular flexibility index (Phi) is 6.21. The van der Waals surface area contributed by atoms with E-state index < -0.39 is 17.2 Å². The molecular formula is C11H18N4O3S2. The van der Waals surface area contributed by atoms with Crippen molar-refractivity contribution in [2.24, 2.45) is 11.7 Å². The summed E-state index contributed by atoms with van der Waals surface area (Å²) in [5, 5.41) is 9.93. The van der Waals surface area contributed by atoms with Gasteiger partial charge in [0.1, 0.15) is 0 Å². The fraction of sp³-hybridized carbons (Fsp3) is 0.636. The number of nitrogens with two attached hydrogens (primary N) is 1. The van der Waals surface area contributed by atoms with Crippen LogP contribution in [-0.4, -0.2) is 33.5 Å². The van der Waals surface area contributed by atoms with Gasteiger partial charge in [-0.15, -0.1) is 5.10 Å². The fourth-order valence-corrected chi connectivity index (χ4v) is 3.30. The van der Waals surface area contributed by atoms with E-state index in [1.807, 2.05) is 27.7 Å². The molecule has 3 N–H and O–H groups in total. The van der Waals surface area contributed by atoms with Crippen molar-refractivity contribution in [1.82, 2.24) is 15.5 Å². The molecule has 0 unspecified atom stereocenters. The van der Waals surface area contributed by atoms with Crippen molar-refractivity contribution in [3.05, 3.63) is 0 Å². The molecule has 0 aliphatic heterocycles. The first-order chi connectivity index (χ1) is 9.29. The van der Waals surface area contributed by atoms with Crippen LogP contribution < -0.4 is 15.8 Å². The van der Waals surface area contributed by atoms with E-state index in [1.54, 1.807) is 0 Å². The van der Waals surface area contributed by atoms with E-state index >= 15 is 0 Å². The van der Waals surface area contributed by atoms with Gasteiger partial charge in [-0.05, 0) is 31.1 Å². The molecule has 3 amide bonds. The van der Waals surface area contributed by atoms with Gasteiger partial charge in [0.2, 0.25) is 5.91 Å². The minimum Gasteiger partial charge on any atom is -0.466 e. The van der Waals surface area contributed by atoms with E-state index in [1.165, 1.54) is 23.1 Å². The van der Waals surface area contributed by atoms with Gasteiger partial charge in [0, 0.05) is 0 Å². The second-order valence-electron chi connectivity index (χ2n) is 4.64. The number of nitrogens with one attached hydrogen (secondary N) is 1. The van der Waals surface area contributed by atoms with Crippen LogP contribution in [0.1, 0.15) is 27.7 Å². The fourth-order valence-electron chi connectivity index (χ4n) is 1.29. The highest BCUT2D eigenvalue weighted by Gasteiger charge is 2.26. The Morgan fingerprint density at radius 3 is 2.45 bits per heavy atom. The van der Waals surface area contributed by atoms with Gasteiger partial charge in [-0.25, -0.2) is 4.79 Å². The molecule has 0 aliphatic carbocycles. The highest BCUT2D eigenvalue weighted by atomic mass is 32.2. The molecule has 112 valence electrons. The van der Waals surface area contributed by atoms with Crippen LogP contribution in [0.4, 0.5) is 4.79 Å². The number of carbonyl (C=O) groups excluding carboxylic acids is 2. The van der Waals surface area contributed by atoms with Crippen molar-refractivity contribution in [2.45, 2.75) is 43.4 Å². The molecule has 0 aliphatic rings. The third-order valence-electron chi connectivity index (χ3n) is 2.06. The number of rotatable bonds is 6. The minimum absolute atomic E-state index is 0.0118. The Labute approximate surface area is 125 Å². The highest BCUT2D eigenvalue weighted by molar-refractivity contribution is 8.02. The maximum Gasteiger partial charge on any atom is 0.318 e. The zero-order valence-corrected chi connectivity index (χ0v) is 13.4. The van der Waals surface area contributed by atoms with E-state index in [2.05, 4.69) is 15.5 Å². The van der Waals surface area contributed by atoms with Crippen molar-refractivity contribution < 1.29 is 14.3 Å². The molecule has 0 saturated heterocycles. The predicted molar refractivity (Wildman–Crippen MR) is 77.9 cm³/mol. The summed E-state index contributed by atoms with van der Waals surface area (Å²) in [6.45, 7) is 7.55. The molecule has 1 heterocycles. The number of aromatic nitrogens is 2. The van der Waals surface area contributed by atoms with Crippen LogP contribution in [0.2, 0.25) is 0 Å². The number of hydrogen-bond acceptors (Lipinski definition) is 7. The highest BCUT2D eigenvalue weighted by Crippen LogP contribution is 2.33. The van der Waals surface area contributed by atoms with E-state index in [0.29, 0.717) is 9.53 Å². The molecule has 1 aromatic rings. The third-order valence-corrected chi connectivity index (χ3v) is 4.51. The zero-order chi connectivity index (χ0) is 15.3. The molecule has 0 radical (unpaired) electrons. The van der Waals surface area contributed by atoms with Gasteiger partial charge in [0.05, 0.1) is 11.4 Å². The van der Waals surface area contributed by atoms with Crippen LogP contribution >= 0.6 is 23.1 Å². The first kappa shape index (κ1) is 16.7. The molecule has 9 heteroatoms. The number of imide groups is 1. The van der Waals surface area contributed by atoms with Crippen LogP contribution in [-0.2, 0) is 4.79 Å². The second kappa shape index (κ2) is 7.44. The first-order valence-electron chi connectivity index (χ1n) is 6.06. The van der Waals surface area contributed by atoms with Crippen LogP contribution in [0.25, 0.3) is 0 Å². The topological polar surface area (TPSA) is 107 Å². The number of nitrogens with zero attached hydrogens (tertiary/aromatic N) is 2. The first-order valence-corrected chi connectivity index (χ1v) is 7.76. The van der Waals surface area contributed by atoms with Gasteiger partial charge in [-0.3, -0.25) is 10.1 Å². The van der Waals surface area contributed by atoms with Gasteiger partial charge in [-0.1, -0.05) is 30.7 Å². The molecule has 0 spiro atoms. The average molecular weight is 318 g/mol. The van der Waals surface area contributed by atoms with Gasteiger partial charge >= 0.3 is 6.03 Å². The van der Waals surface area contributed by atoms with Crippen LogP contribution in [0.15, 0.2) is 4.34 Å². The smallest absolute Gasteiger partial charge is 0.318 e. The summed E-state index contributed by atoms with van der Waals surface area (Å²) < 4.78 is 6.03. The van der Waals surface area contributed by atoms with Crippen molar-refractivity contribution in [3.8, 4) is 5.19 Å². The number of thioether (sulfide) groups is 1. The van der Waals surface area contributed by atoms with Gasteiger partial charge in [-0.2, -0.15) is 0 Å². The monoisotopic (exact) mass is 318 g/mol. The second-order valence-corrected chi connectivity index (χ2v) is 6.97. The standard InChI is InChI=1S/C11H18N4O3S2/c1-5(2)7(8(16)13-9(12)17)19-11-15-14-10(20-11)18-6(3)4/h5-7H,1-4H3,(H3,12,13,16,17)/t7-/m0/s1. The quantitative estimate of drug-likeness (QED) is 0.772. The molecule has 20 heavy (non-hydrogen) atoms. The lowest BCUT2D eigenvalue weighted by Crippen LogP contribution is -2.42. The van der Waals surface area contributed by atoms with Crippen molar-refractivity contribution in [1.29, 1.82) is 0 Å². The summed E-state index contributed by atoms with van der Waals surface area (Å²) in [6.07, 6.45) is 0.0138. The van der Waals surface area contributed by atoms with E-state index in [-0.39, 0.29) is 12.0 Å². The van der Waals surface area contributed by atoms with Gasteiger partial charge in [0.25, 0.3) is 5.19 Å². The SMILES string of the molecule is CC(C)Oc1nnc(S[C@H](C(=O)NC(N)=O)C(C)C)s1.